The van der Waals surface area contributed by atoms with E-state index in [9.17, 15) is 4.39 Å². The molecule has 7 nitrogen and oxygen atoms in total. The number of halogens is 1. The van der Waals surface area contributed by atoms with Crippen molar-refractivity contribution in [3.05, 3.63) is 59.9 Å². The van der Waals surface area contributed by atoms with Crippen molar-refractivity contribution in [2.45, 2.75) is 38.9 Å². The van der Waals surface area contributed by atoms with Crippen molar-refractivity contribution in [1.82, 2.24) is 30.3 Å². The Bertz CT molecular complexity index is 820. The van der Waals surface area contributed by atoms with Gasteiger partial charge in [-0.2, -0.15) is 0 Å². The number of benzene rings is 1. The van der Waals surface area contributed by atoms with Crippen molar-refractivity contribution in [2.24, 2.45) is 12.0 Å². The van der Waals surface area contributed by atoms with Gasteiger partial charge in [-0.05, 0) is 37.5 Å². The number of likely N-dealkylation sites (tertiary alicyclic amines) is 1. The molecule has 0 unspecified atom stereocenters. The summed E-state index contributed by atoms with van der Waals surface area (Å²) in [5.41, 5.74) is 1.15. The molecule has 2 N–H and O–H groups in total. The number of guanidine groups is 1. The number of hydrogen-bond donors (Lipinski definition) is 2. The predicted octanol–water partition coefficient (Wildman–Crippen LogP) is 2.15. The first-order valence-corrected chi connectivity index (χ1v) is 10.0. The van der Waals surface area contributed by atoms with Crippen LogP contribution in [0.1, 0.15) is 30.1 Å². The van der Waals surface area contributed by atoms with Gasteiger partial charge in [0.1, 0.15) is 18.2 Å². The number of hydrogen-bond acceptors (Lipinski definition) is 4. The third-order valence-corrected chi connectivity index (χ3v) is 5.22. The smallest absolute Gasteiger partial charge is 0.192 e. The molecule has 1 aliphatic rings. The number of nitrogens with zero attached hydrogens (tertiary/aromatic N) is 5. The summed E-state index contributed by atoms with van der Waals surface area (Å²) in [7, 11) is 1.95. The van der Waals surface area contributed by atoms with Crippen LogP contribution in [-0.4, -0.2) is 51.3 Å². The van der Waals surface area contributed by atoms with Gasteiger partial charge in [0, 0.05) is 39.3 Å². The highest BCUT2D eigenvalue weighted by Crippen LogP contribution is 2.14. The molecule has 3 rings (SSSR count). The molecule has 1 aromatic carbocycles. The summed E-state index contributed by atoms with van der Waals surface area (Å²) in [5, 5.41) is 15.1. The van der Waals surface area contributed by atoms with E-state index in [1.54, 1.807) is 0 Å². The minimum atomic E-state index is -0.188. The Morgan fingerprint density at radius 2 is 2.00 bits per heavy atom. The Morgan fingerprint density at radius 1 is 1.28 bits per heavy atom. The number of aryl methyl sites for hydroxylation is 1. The molecule has 0 amide bonds. The first-order chi connectivity index (χ1) is 14.0. The summed E-state index contributed by atoms with van der Waals surface area (Å²) in [6.45, 7) is 9.65. The van der Waals surface area contributed by atoms with E-state index >= 15 is 0 Å². The standard InChI is InChI=1S/C21H30FN7/c1-4-11-23-21(24-14-20-27-26-16(2)28(20)3)25-19-9-12-29(13-10-19)15-17-5-7-18(22)8-6-17/h4-8,19H,1,9-15H2,2-3H3,(H2,23,24,25). The molecule has 0 saturated carbocycles. The van der Waals surface area contributed by atoms with Gasteiger partial charge in [-0.15, -0.1) is 16.8 Å². The van der Waals surface area contributed by atoms with Crippen LogP contribution in [0, 0.1) is 12.7 Å². The molecule has 0 aliphatic carbocycles. The van der Waals surface area contributed by atoms with Gasteiger partial charge in [0.2, 0.25) is 0 Å². The fourth-order valence-electron chi connectivity index (χ4n) is 3.34. The Balaban J connectivity index is 1.52. The molecule has 0 spiro atoms. The van der Waals surface area contributed by atoms with Gasteiger partial charge in [0.15, 0.2) is 11.8 Å². The Labute approximate surface area is 171 Å². The quantitative estimate of drug-likeness (QED) is 0.424. The zero-order chi connectivity index (χ0) is 20.6. The third kappa shape index (κ3) is 6.12. The van der Waals surface area contributed by atoms with Crippen molar-refractivity contribution < 1.29 is 4.39 Å². The molecule has 1 aromatic heterocycles. The molecular formula is C21H30FN7. The molecular weight excluding hydrogens is 369 g/mol. The van der Waals surface area contributed by atoms with Gasteiger partial charge in [-0.1, -0.05) is 18.2 Å². The molecule has 29 heavy (non-hydrogen) atoms. The lowest BCUT2D eigenvalue weighted by molar-refractivity contribution is 0.198. The lowest BCUT2D eigenvalue weighted by Gasteiger charge is -2.33. The summed E-state index contributed by atoms with van der Waals surface area (Å²) in [4.78, 5) is 7.07. The van der Waals surface area contributed by atoms with Crippen molar-refractivity contribution in [1.29, 1.82) is 0 Å². The average Bonchev–Trinajstić information content (AvgIpc) is 3.05. The summed E-state index contributed by atoms with van der Waals surface area (Å²) >= 11 is 0. The van der Waals surface area contributed by atoms with Gasteiger partial charge in [-0.25, -0.2) is 9.38 Å². The van der Waals surface area contributed by atoms with Gasteiger partial charge in [-0.3, -0.25) is 4.90 Å². The van der Waals surface area contributed by atoms with E-state index in [1.165, 1.54) is 12.1 Å². The van der Waals surface area contributed by atoms with Crippen molar-refractivity contribution >= 4 is 5.96 Å². The molecule has 8 heteroatoms. The topological polar surface area (TPSA) is 70.4 Å². The normalized spacial score (nSPS) is 16.0. The second kappa shape index (κ2) is 10.2. The SMILES string of the molecule is C=CCNC(=NCc1nnc(C)n1C)NC1CCN(Cc2ccc(F)cc2)CC1. The van der Waals surface area contributed by atoms with Crippen molar-refractivity contribution in [3.8, 4) is 0 Å². The fraction of sp³-hybridized carbons (Fsp3) is 0.476. The van der Waals surface area contributed by atoms with Gasteiger partial charge >= 0.3 is 0 Å². The van der Waals surface area contributed by atoms with Gasteiger partial charge < -0.3 is 15.2 Å². The second-order valence-electron chi connectivity index (χ2n) is 7.38. The number of nitrogens with one attached hydrogen (secondary N) is 2. The molecule has 0 radical (unpaired) electrons. The maximum atomic E-state index is 13.1. The van der Waals surface area contributed by atoms with E-state index in [0.29, 0.717) is 19.1 Å². The van der Waals surface area contributed by atoms with Crippen LogP contribution in [0.15, 0.2) is 41.9 Å². The van der Waals surface area contributed by atoms with Crippen LogP contribution in [-0.2, 0) is 20.1 Å². The molecule has 0 bridgehead atoms. The highest BCUT2D eigenvalue weighted by atomic mass is 19.1. The molecule has 1 aliphatic heterocycles. The maximum absolute atomic E-state index is 13.1. The summed E-state index contributed by atoms with van der Waals surface area (Å²) in [5.74, 6) is 2.28. The summed E-state index contributed by atoms with van der Waals surface area (Å²) in [6.07, 6.45) is 3.87. The molecule has 0 atom stereocenters. The van der Waals surface area contributed by atoms with Gasteiger partial charge in [0.05, 0.1) is 0 Å². The monoisotopic (exact) mass is 399 g/mol. The van der Waals surface area contributed by atoms with Crippen LogP contribution in [0.4, 0.5) is 4.39 Å². The highest BCUT2D eigenvalue weighted by molar-refractivity contribution is 5.80. The number of rotatable bonds is 7. The van der Waals surface area contributed by atoms with E-state index in [0.717, 1.165) is 55.6 Å². The minimum absolute atomic E-state index is 0.188. The molecule has 1 saturated heterocycles. The van der Waals surface area contributed by atoms with Crippen LogP contribution in [0.2, 0.25) is 0 Å². The van der Waals surface area contributed by atoms with Crippen molar-refractivity contribution in [3.63, 3.8) is 0 Å². The van der Waals surface area contributed by atoms with Crippen LogP contribution >= 0.6 is 0 Å². The van der Waals surface area contributed by atoms with Crippen LogP contribution in [0.3, 0.4) is 0 Å². The van der Waals surface area contributed by atoms with Crippen molar-refractivity contribution in [2.75, 3.05) is 19.6 Å². The zero-order valence-corrected chi connectivity index (χ0v) is 17.2. The number of aromatic nitrogens is 3. The summed E-state index contributed by atoms with van der Waals surface area (Å²) < 4.78 is 15.0. The fourth-order valence-corrected chi connectivity index (χ4v) is 3.34. The molecule has 2 aromatic rings. The summed E-state index contributed by atoms with van der Waals surface area (Å²) in [6, 6.07) is 7.12. The van der Waals surface area contributed by atoms with E-state index in [1.807, 2.05) is 36.7 Å². The van der Waals surface area contributed by atoms with Crippen LogP contribution in [0.5, 0.6) is 0 Å². The zero-order valence-electron chi connectivity index (χ0n) is 17.2. The Morgan fingerprint density at radius 3 is 2.62 bits per heavy atom. The molecule has 2 heterocycles. The average molecular weight is 400 g/mol. The third-order valence-electron chi connectivity index (χ3n) is 5.22. The van der Waals surface area contributed by atoms with E-state index in [4.69, 9.17) is 0 Å². The van der Waals surface area contributed by atoms with E-state index < -0.39 is 0 Å². The number of piperidine rings is 1. The van der Waals surface area contributed by atoms with Crippen LogP contribution < -0.4 is 10.6 Å². The highest BCUT2D eigenvalue weighted by Gasteiger charge is 2.20. The first-order valence-electron chi connectivity index (χ1n) is 10.0. The first kappa shape index (κ1) is 21.0. The number of aliphatic imine (C=N–C) groups is 1. The van der Waals surface area contributed by atoms with Gasteiger partial charge in [0.25, 0.3) is 0 Å². The maximum Gasteiger partial charge on any atom is 0.192 e. The largest absolute Gasteiger partial charge is 0.354 e. The van der Waals surface area contributed by atoms with Crippen LogP contribution in [0.25, 0.3) is 0 Å². The Kier molecular flexibility index (Phi) is 7.35. The lowest BCUT2D eigenvalue weighted by atomic mass is 10.0. The van der Waals surface area contributed by atoms with E-state index in [2.05, 4.69) is 37.3 Å². The van der Waals surface area contributed by atoms with E-state index in [-0.39, 0.29) is 5.82 Å². The Hall–Kier alpha value is -2.74. The molecule has 156 valence electrons. The predicted molar refractivity (Wildman–Crippen MR) is 113 cm³/mol. The second-order valence-corrected chi connectivity index (χ2v) is 7.38. The minimum Gasteiger partial charge on any atom is -0.354 e. The lowest BCUT2D eigenvalue weighted by Crippen LogP contribution is -2.48. The molecule has 1 fully saturated rings.